The summed E-state index contributed by atoms with van der Waals surface area (Å²) in [5, 5.41) is 16.1. The summed E-state index contributed by atoms with van der Waals surface area (Å²) in [6, 6.07) is 14.4. The van der Waals surface area contributed by atoms with Gasteiger partial charge in [0.05, 0.1) is 5.56 Å². The monoisotopic (exact) mass is 503 g/mol. The number of aryl methyl sites for hydroxylation is 1. The van der Waals surface area contributed by atoms with Crippen molar-refractivity contribution in [2.24, 2.45) is 0 Å². The second-order valence-corrected chi connectivity index (χ2v) is 11.6. The van der Waals surface area contributed by atoms with E-state index in [2.05, 4.69) is 44.6 Å². The van der Waals surface area contributed by atoms with Gasteiger partial charge in [-0.3, -0.25) is 0 Å². The first kappa shape index (κ1) is 24.0. The molecule has 0 bridgehead atoms. The zero-order valence-electron chi connectivity index (χ0n) is 20.6. The number of nitrogens with zero attached hydrogens (tertiary/aromatic N) is 5. The zero-order chi connectivity index (χ0) is 25.5. The third kappa shape index (κ3) is 4.25. The molecule has 2 N–H and O–H groups in total. The van der Waals surface area contributed by atoms with E-state index in [0.29, 0.717) is 11.8 Å². The average Bonchev–Trinajstić information content (AvgIpc) is 3.15. The normalized spacial score (nSPS) is 16.9. The number of nitriles is 1. The lowest BCUT2D eigenvalue weighted by Crippen LogP contribution is -2.43. The number of fused-ring (bicyclic) bond motifs is 1. The predicted molar refractivity (Wildman–Crippen MR) is 140 cm³/mol. The maximum atomic E-state index is 13.7. The van der Waals surface area contributed by atoms with Crippen molar-refractivity contribution in [1.82, 2.24) is 15.3 Å². The highest BCUT2D eigenvalue weighted by molar-refractivity contribution is 7.93. The maximum absolute atomic E-state index is 13.7. The van der Waals surface area contributed by atoms with Crippen molar-refractivity contribution in [3.63, 3.8) is 0 Å². The lowest BCUT2D eigenvalue weighted by Gasteiger charge is -2.30. The Labute approximate surface area is 211 Å². The molecule has 0 atom stereocenters. The number of anilines is 4. The molecule has 1 aromatic heterocycles. The Kier molecular flexibility index (Phi) is 6.06. The average molecular weight is 504 g/mol. The van der Waals surface area contributed by atoms with E-state index >= 15 is 0 Å². The van der Waals surface area contributed by atoms with Crippen LogP contribution in [0.4, 0.5) is 23.1 Å². The minimum atomic E-state index is -4.00. The molecule has 0 spiro atoms. The third-order valence-electron chi connectivity index (χ3n) is 6.76. The van der Waals surface area contributed by atoms with Gasteiger partial charge in [-0.15, -0.1) is 0 Å². The van der Waals surface area contributed by atoms with E-state index in [9.17, 15) is 13.7 Å². The van der Waals surface area contributed by atoms with Crippen LogP contribution in [0.15, 0.2) is 53.6 Å². The number of aromatic nitrogens is 2. The highest BCUT2D eigenvalue weighted by Crippen LogP contribution is 2.42. The lowest BCUT2D eigenvalue weighted by molar-refractivity contribution is 0.553. The molecule has 186 valence electrons. The van der Waals surface area contributed by atoms with E-state index in [1.54, 1.807) is 18.3 Å². The van der Waals surface area contributed by atoms with Gasteiger partial charge in [0.25, 0.3) is 10.0 Å². The summed E-state index contributed by atoms with van der Waals surface area (Å²) in [5.74, 6) is 0.647. The highest BCUT2D eigenvalue weighted by Gasteiger charge is 2.43. The van der Waals surface area contributed by atoms with Crippen LogP contribution in [-0.4, -0.2) is 51.1 Å². The highest BCUT2D eigenvalue weighted by atomic mass is 32.2. The van der Waals surface area contributed by atoms with Crippen molar-refractivity contribution >= 4 is 33.2 Å². The Bertz CT molecular complexity index is 1460. The summed E-state index contributed by atoms with van der Waals surface area (Å²) in [7, 11) is -4.00. The van der Waals surface area contributed by atoms with E-state index in [0.717, 1.165) is 43.0 Å². The summed E-state index contributed by atoms with van der Waals surface area (Å²) in [5.41, 5.74) is 3.54. The molecule has 0 amide bonds. The van der Waals surface area contributed by atoms with Gasteiger partial charge in [0.15, 0.2) is 5.82 Å². The fraction of sp³-hybridized carbons (Fsp3) is 0.346. The number of piperazine rings is 1. The van der Waals surface area contributed by atoms with Crippen LogP contribution in [0.25, 0.3) is 0 Å². The quantitative estimate of drug-likeness (QED) is 0.545. The fourth-order valence-electron chi connectivity index (χ4n) is 4.84. The van der Waals surface area contributed by atoms with Gasteiger partial charge in [0.1, 0.15) is 11.0 Å². The fourth-order valence-corrected chi connectivity index (χ4v) is 6.58. The molecule has 9 nitrogen and oxygen atoms in total. The smallest absolute Gasteiger partial charge is 0.266 e. The Morgan fingerprint density at radius 3 is 2.61 bits per heavy atom. The number of hydrogen-bond acceptors (Lipinski definition) is 8. The second-order valence-electron chi connectivity index (χ2n) is 9.80. The van der Waals surface area contributed by atoms with Gasteiger partial charge in [-0.2, -0.15) is 10.2 Å². The molecule has 0 radical (unpaired) electrons. The van der Waals surface area contributed by atoms with E-state index in [4.69, 9.17) is 0 Å². The van der Waals surface area contributed by atoms with Gasteiger partial charge in [-0.25, -0.2) is 17.7 Å². The molecule has 10 heteroatoms. The van der Waals surface area contributed by atoms with Crippen LogP contribution in [0, 0.1) is 18.3 Å². The van der Waals surface area contributed by atoms with E-state index in [1.165, 1.54) is 22.1 Å². The molecule has 0 unspecified atom stereocenters. The number of nitrogens with one attached hydrogen (secondary N) is 2. The molecule has 36 heavy (non-hydrogen) atoms. The van der Waals surface area contributed by atoms with Crippen LogP contribution in [0.2, 0.25) is 0 Å². The van der Waals surface area contributed by atoms with Gasteiger partial charge in [-0.05, 0) is 42.8 Å². The summed E-state index contributed by atoms with van der Waals surface area (Å²) in [6.07, 6.45) is 1.69. The zero-order valence-corrected chi connectivity index (χ0v) is 21.4. The largest absolute Gasteiger partial charge is 0.369 e. The topological polar surface area (TPSA) is 114 Å². The lowest BCUT2D eigenvalue weighted by atomic mass is 9.89. The maximum Gasteiger partial charge on any atom is 0.266 e. The Morgan fingerprint density at radius 2 is 1.89 bits per heavy atom. The van der Waals surface area contributed by atoms with Gasteiger partial charge in [-0.1, -0.05) is 26.0 Å². The minimum Gasteiger partial charge on any atom is -0.369 e. The van der Waals surface area contributed by atoms with Gasteiger partial charge in [0, 0.05) is 61.3 Å². The van der Waals surface area contributed by atoms with Crippen molar-refractivity contribution < 1.29 is 8.42 Å². The van der Waals surface area contributed by atoms with Crippen molar-refractivity contribution in [1.29, 1.82) is 5.26 Å². The van der Waals surface area contributed by atoms with Gasteiger partial charge < -0.3 is 15.5 Å². The Balaban J connectivity index is 1.47. The molecule has 1 fully saturated rings. The number of rotatable bonds is 5. The molecular weight excluding hydrogens is 474 g/mol. The van der Waals surface area contributed by atoms with Gasteiger partial charge >= 0.3 is 0 Å². The standard InChI is InChI=1S/C26H29N7O2S/c1-18-14-20(8-9-22(18)32-12-10-28-11-13-32)30-25-29-16-21-24(31-25)33(17-26(21,2)3)36(34,35)23-7-5-4-6-19(23)15-27/h4-9,14,16,28H,10-13,17H2,1-3H3,(H,29,30,31). The van der Waals surface area contributed by atoms with Crippen LogP contribution in [-0.2, 0) is 15.4 Å². The number of hydrogen-bond donors (Lipinski definition) is 2. The molecule has 2 aliphatic rings. The summed E-state index contributed by atoms with van der Waals surface area (Å²) in [4.78, 5) is 11.5. The van der Waals surface area contributed by atoms with Crippen molar-refractivity contribution in [3.8, 4) is 6.07 Å². The summed E-state index contributed by atoms with van der Waals surface area (Å²) in [6.45, 7) is 10.1. The molecule has 0 saturated carbocycles. The first-order valence-electron chi connectivity index (χ1n) is 11.9. The molecule has 0 aliphatic carbocycles. The van der Waals surface area contributed by atoms with Gasteiger partial charge in [0.2, 0.25) is 5.95 Å². The first-order valence-corrected chi connectivity index (χ1v) is 13.4. The molecule has 2 aliphatic heterocycles. The van der Waals surface area contributed by atoms with E-state index < -0.39 is 15.4 Å². The second kappa shape index (κ2) is 9.08. The summed E-state index contributed by atoms with van der Waals surface area (Å²) >= 11 is 0. The Morgan fingerprint density at radius 1 is 1.14 bits per heavy atom. The summed E-state index contributed by atoms with van der Waals surface area (Å²) < 4.78 is 28.6. The van der Waals surface area contributed by atoms with Crippen molar-refractivity contribution in [2.45, 2.75) is 31.1 Å². The first-order chi connectivity index (χ1) is 17.2. The molecule has 3 heterocycles. The van der Waals surface area contributed by atoms with Crippen LogP contribution >= 0.6 is 0 Å². The van der Waals surface area contributed by atoms with Crippen molar-refractivity contribution in [3.05, 3.63) is 65.4 Å². The molecule has 5 rings (SSSR count). The predicted octanol–water partition coefficient (Wildman–Crippen LogP) is 3.30. The minimum absolute atomic E-state index is 0.0246. The van der Waals surface area contributed by atoms with Crippen LogP contribution < -0.4 is 19.8 Å². The van der Waals surface area contributed by atoms with Crippen LogP contribution in [0.5, 0.6) is 0 Å². The molecule has 3 aromatic rings. The van der Waals surface area contributed by atoms with E-state index in [1.807, 2.05) is 26.0 Å². The number of sulfonamides is 1. The van der Waals surface area contributed by atoms with Crippen molar-refractivity contribution in [2.75, 3.05) is 47.2 Å². The molecule has 2 aromatic carbocycles. The van der Waals surface area contributed by atoms with E-state index in [-0.39, 0.29) is 17.0 Å². The molecular formula is C26H29N7O2S. The van der Waals surface area contributed by atoms with Crippen LogP contribution in [0.3, 0.4) is 0 Å². The SMILES string of the molecule is Cc1cc(Nc2ncc3c(n2)N(S(=O)(=O)c2ccccc2C#N)CC3(C)C)ccc1N1CCNCC1. The number of benzene rings is 2. The molecule has 1 saturated heterocycles. The van der Waals surface area contributed by atoms with Crippen LogP contribution in [0.1, 0.15) is 30.5 Å². The third-order valence-corrected chi connectivity index (χ3v) is 8.55. The Hall–Kier alpha value is -3.68.